The van der Waals surface area contributed by atoms with E-state index in [1.807, 2.05) is 19.2 Å². The molecule has 5 nitrogen and oxygen atoms in total. The van der Waals surface area contributed by atoms with Crippen LogP contribution in [0.5, 0.6) is 5.75 Å². The number of anilines is 2. The summed E-state index contributed by atoms with van der Waals surface area (Å²) < 4.78 is 5.05. The summed E-state index contributed by atoms with van der Waals surface area (Å²) in [4.78, 5) is 13.0. The largest absolute Gasteiger partial charge is 0.497 e. The molecule has 0 aliphatic heterocycles. The molecule has 16 heavy (non-hydrogen) atoms. The van der Waals surface area contributed by atoms with E-state index in [1.165, 1.54) is 0 Å². The van der Waals surface area contributed by atoms with Crippen molar-refractivity contribution in [2.24, 2.45) is 0 Å². The number of ether oxygens (including phenoxy) is 1. The number of amides is 1. The van der Waals surface area contributed by atoms with Gasteiger partial charge in [0.15, 0.2) is 0 Å². The molecule has 0 spiro atoms. The lowest BCUT2D eigenvalue weighted by Gasteiger charge is -2.20. The molecule has 0 aliphatic rings. The molecule has 1 rings (SSSR count). The van der Waals surface area contributed by atoms with Gasteiger partial charge in [0, 0.05) is 20.2 Å². The number of hydrogen-bond acceptors (Lipinski definition) is 4. The second-order valence-electron chi connectivity index (χ2n) is 3.45. The lowest BCUT2D eigenvalue weighted by Crippen LogP contribution is -2.33. The van der Waals surface area contributed by atoms with E-state index in [-0.39, 0.29) is 12.5 Å². The molecular formula is C11H17N3O2. The van der Waals surface area contributed by atoms with Crippen LogP contribution < -0.4 is 20.7 Å². The Balaban J connectivity index is 2.83. The summed E-state index contributed by atoms with van der Waals surface area (Å²) in [6, 6.07) is 5.37. The Kier molecular flexibility index (Phi) is 3.99. The van der Waals surface area contributed by atoms with Gasteiger partial charge in [-0.1, -0.05) is 0 Å². The molecule has 0 aromatic heterocycles. The van der Waals surface area contributed by atoms with Gasteiger partial charge < -0.3 is 20.7 Å². The van der Waals surface area contributed by atoms with Gasteiger partial charge in [-0.15, -0.1) is 0 Å². The number of nitrogens with zero attached hydrogens (tertiary/aromatic N) is 1. The van der Waals surface area contributed by atoms with Gasteiger partial charge in [-0.3, -0.25) is 4.79 Å². The van der Waals surface area contributed by atoms with E-state index < -0.39 is 0 Å². The molecule has 1 amide bonds. The van der Waals surface area contributed by atoms with Crippen LogP contribution in [0, 0.1) is 0 Å². The number of nitrogens with one attached hydrogen (secondary N) is 1. The zero-order valence-electron chi connectivity index (χ0n) is 9.78. The zero-order chi connectivity index (χ0) is 12.1. The molecule has 0 aliphatic carbocycles. The average molecular weight is 223 g/mol. The maximum absolute atomic E-state index is 11.2. The first-order chi connectivity index (χ1) is 7.58. The van der Waals surface area contributed by atoms with Crippen molar-refractivity contribution in [3.63, 3.8) is 0 Å². The minimum atomic E-state index is -0.0577. The van der Waals surface area contributed by atoms with Crippen LogP contribution >= 0.6 is 0 Å². The highest BCUT2D eigenvalue weighted by molar-refractivity contribution is 5.82. The van der Waals surface area contributed by atoms with E-state index in [4.69, 9.17) is 10.5 Å². The molecule has 1 aromatic rings. The number of nitrogen functional groups attached to an aromatic ring is 1. The number of rotatable bonds is 4. The van der Waals surface area contributed by atoms with Crippen molar-refractivity contribution in [3.05, 3.63) is 18.2 Å². The first-order valence-electron chi connectivity index (χ1n) is 4.93. The smallest absolute Gasteiger partial charge is 0.239 e. The van der Waals surface area contributed by atoms with Gasteiger partial charge in [0.25, 0.3) is 0 Å². The molecule has 3 N–H and O–H groups in total. The fraction of sp³-hybridized carbons (Fsp3) is 0.364. The van der Waals surface area contributed by atoms with Gasteiger partial charge in [0.1, 0.15) is 5.75 Å². The third-order valence-electron chi connectivity index (χ3n) is 2.31. The summed E-state index contributed by atoms with van der Waals surface area (Å²) in [6.45, 7) is 0.271. The Bertz CT molecular complexity index is 379. The second-order valence-corrected chi connectivity index (χ2v) is 3.45. The first-order valence-corrected chi connectivity index (χ1v) is 4.93. The fourth-order valence-corrected chi connectivity index (χ4v) is 1.39. The van der Waals surface area contributed by atoms with Crippen LogP contribution in [-0.2, 0) is 4.79 Å². The molecule has 0 unspecified atom stereocenters. The molecular weight excluding hydrogens is 206 g/mol. The Morgan fingerprint density at radius 3 is 2.75 bits per heavy atom. The third kappa shape index (κ3) is 2.79. The van der Waals surface area contributed by atoms with Crippen LogP contribution in [0.2, 0.25) is 0 Å². The van der Waals surface area contributed by atoms with Crippen molar-refractivity contribution in [2.45, 2.75) is 0 Å². The number of hydrogen-bond donors (Lipinski definition) is 2. The lowest BCUT2D eigenvalue weighted by atomic mass is 10.2. The quantitative estimate of drug-likeness (QED) is 0.728. The van der Waals surface area contributed by atoms with Crippen LogP contribution in [0.15, 0.2) is 18.2 Å². The van der Waals surface area contributed by atoms with Gasteiger partial charge in [-0.2, -0.15) is 0 Å². The molecule has 5 heteroatoms. The van der Waals surface area contributed by atoms with Gasteiger partial charge in [0.05, 0.1) is 25.0 Å². The molecule has 0 bridgehead atoms. The number of benzene rings is 1. The third-order valence-corrected chi connectivity index (χ3v) is 2.31. The minimum absolute atomic E-state index is 0.0577. The number of likely N-dealkylation sites (N-methyl/N-ethyl adjacent to an activating group) is 2. The predicted molar refractivity (Wildman–Crippen MR) is 64.7 cm³/mol. The van der Waals surface area contributed by atoms with Crippen molar-refractivity contribution >= 4 is 17.3 Å². The molecule has 1 aromatic carbocycles. The Labute approximate surface area is 95.2 Å². The first kappa shape index (κ1) is 12.2. The number of carbonyl (C=O) groups excluding carboxylic acids is 1. The molecule has 0 saturated heterocycles. The maximum atomic E-state index is 11.2. The molecule has 0 heterocycles. The van der Waals surface area contributed by atoms with Crippen LogP contribution in [0.1, 0.15) is 0 Å². The number of carbonyl (C=O) groups is 1. The summed E-state index contributed by atoms with van der Waals surface area (Å²) in [6.07, 6.45) is 0. The number of nitrogens with two attached hydrogens (primary N) is 1. The van der Waals surface area contributed by atoms with E-state index >= 15 is 0 Å². The van der Waals surface area contributed by atoms with Crippen molar-refractivity contribution < 1.29 is 9.53 Å². The Morgan fingerprint density at radius 1 is 1.56 bits per heavy atom. The summed E-state index contributed by atoms with van der Waals surface area (Å²) in [7, 11) is 5.00. The molecule has 0 radical (unpaired) electrons. The van der Waals surface area contributed by atoms with Gasteiger partial charge in [0.2, 0.25) is 5.91 Å². The highest BCUT2D eigenvalue weighted by atomic mass is 16.5. The zero-order valence-corrected chi connectivity index (χ0v) is 9.78. The van der Waals surface area contributed by atoms with E-state index in [1.54, 1.807) is 25.1 Å². The summed E-state index contributed by atoms with van der Waals surface area (Å²) in [5.74, 6) is 0.646. The summed E-state index contributed by atoms with van der Waals surface area (Å²) in [5, 5.41) is 2.56. The minimum Gasteiger partial charge on any atom is -0.497 e. The van der Waals surface area contributed by atoms with Crippen LogP contribution in [0.3, 0.4) is 0 Å². The van der Waals surface area contributed by atoms with E-state index in [0.717, 1.165) is 5.69 Å². The van der Waals surface area contributed by atoms with E-state index in [9.17, 15) is 4.79 Å². The Morgan fingerprint density at radius 2 is 2.25 bits per heavy atom. The summed E-state index contributed by atoms with van der Waals surface area (Å²) in [5.41, 5.74) is 7.26. The standard InChI is InChI=1S/C11H17N3O2/c1-13-11(15)7-14(2)10-5-4-8(16-3)6-9(10)12/h4-6H,7,12H2,1-3H3,(H,13,15). The predicted octanol–water partition coefficient (Wildman–Crippen LogP) is 0.460. The molecule has 0 fully saturated rings. The van der Waals surface area contributed by atoms with Crippen LogP contribution in [-0.4, -0.2) is 33.7 Å². The summed E-state index contributed by atoms with van der Waals surface area (Å²) >= 11 is 0. The normalized spacial score (nSPS) is 9.69. The highest BCUT2D eigenvalue weighted by Crippen LogP contribution is 2.26. The van der Waals surface area contributed by atoms with Crippen molar-refractivity contribution in [3.8, 4) is 5.75 Å². The highest BCUT2D eigenvalue weighted by Gasteiger charge is 2.09. The average Bonchev–Trinajstić information content (AvgIpc) is 2.28. The van der Waals surface area contributed by atoms with Gasteiger partial charge in [-0.25, -0.2) is 0 Å². The fourth-order valence-electron chi connectivity index (χ4n) is 1.39. The van der Waals surface area contributed by atoms with Crippen LogP contribution in [0.25, 0.3) is 0 Å². The Hall–Kier alpha value is -1.91. The van der Waals surface area contributed by atoms with Crippen molar-refractivity contribution in [1.29, 1.82) is 0 Å². The van der Waals surface area contributed by atoms with Crippen molar-refractivity contribution in [1.82, 2.24) is 5.32 Å². The molecule has 88 valence electrons. The van der Waals surface area contributed by atoms with Gasteiger partial charge >= 0.3 is 0 Å². The SMILES string of the molecule is CNC(=O)CN(C)c1ccc(OC)cc1N. The monoisotopic (exact) mass is 223 g/mol. The lowest BCUT2D eigenvalue weighted by molar-refractivity contribution is -0.119. The van der Waals surface area contributed by atoms with Crippen LogP contribution in [0.4, 0.5) is 11.4 Å². The van der Waals surface area contributed by atoms with Gasteiger partial charge in [-0.05, 0) is 12.1 Å². The molecule has 0 atom stereocenters. The second kappa shape index (κ2) is 5.25. The van der Waals surface area contributed by atoms with Crippen molar-refractivity contribution in [2.75, 3.05) is 38.4 Å². The number of methoxy groups -OCH3 is 1. The van der Waals surface area contributed by atoms with E-state index in [2.05, 4.69) is 5.32 Å². The van der Waals surface area contributed by atoms with E-state index in [0.29, 0.717) is 11.4 Å². The topological polar surface area (TPSA) is 67.6 Å². The maximum Gasteiger partial charge on any atom is 0.239 e. The molecule has 0 saturated carbocycles.